The van der Waals surface area contributed by atoms with Gasteiger partial charge in [-0.2, -0.15) is 5.10 Å². The van der Waals surface area contributed by atoms with Crippen LogP contribution in [0.4, 0.5) is 11.6 Å². The van der Waals surface area contributed by atoms with Crippen molar-refractivity contribution in [3.8, 4) is 0 Å². The van der Waals surface area contributed by atoms with Crippen LogP contribution in [0.3, 0.4) is 0 Å². The number of nitrogens with one attached hydrogen (secondary N) is 1. The maximum absolute atomic E-state index is 11.1. The molecule has 19 heavy (non-hydrogen) atoms. The summed E-state index contributed by atoms with van der Waals surface area (Å²) in [7, 11) is -3.00. The van der Waals surface area contributed by atoms with Crippen LogP contribution in [-0.2, 0) is 16.4 Å². The smallest absolute Gasteiger partial charge is 0.224 e. The van der Waals surface area contributed by atoms with Crippen LogP contribution in [0.2, 0.25) is 5.28 Å². The lowest BCUT2D eigenvalue weighted by molar-refractivity contribution is 0.586. The van der Waals surface area contributed by atoms with Crippen molar-refractivity contribution in [3.05, 3.63) is 29.8 Å². The number of nitrogens with zero attached hydrogens (tertiary/aromatic N) is 4. The number of aryl methyl sites for hydroxylation is 1. The summed E-state index contributed by atoms with van der Waals surface area (Å²) in [6, 6.07) is 3.37. The van der Waals surface area contributed by atoms with Gasteiger partial charge in [0.05, 0.1) is 12.3 Å². The van der Waals surface area contributed by atoms with Gasteiger partial charge in [0, 0.05) is 24.7 Å². The van der Waals surface area contributed by atoms with Gasteiger partial charge in [0.2, 0.25) is 5.28 Å². The Morgan fingerprint density at radius 1 is 1.37 bits per heavy atom. The molecule has 0 aromatic carbocycles. The molecule has 0 aliphatic rings. The number of hydrogen-bond acceptors (Lipinski definition) is 6. The Hall–Kier alpha value is -1.67. The van der Waals surface area contributed by atoms with Crippen molar-refractivity contribution in [2.24, 2.45) is 0 Å². The highest BCUT2D eigenvalue weighted by Gasteiger charge is 2.05. The summed E-state index contributed by atoms with van der Waals surface area (Å²) in [5, 5.41) is 7.26. The zero-order valence-corrected chi connectivity index (χ0v) is 11.7. The molecule has 0 atom stereocenters. The van der Waals surface area contributed by atoms with Crippen LogP contribution in [0.1, 0.15) is 0 Å². The van der Waals surface area contributed by atoms with Gasteiger partial charge in [-0.1, -0.05) is 0 Å². The molecule has 2 rings (SSSR count). The largest absolute Gasteiger partial charge is 0.323 e. The molecule has 0 radical (unpaired) electrons. The van der Waals surface area contributed by atoms with Crippen molar-refractivity contribution in [3.63, 3.8) is 0 Å². The molecular weight excluding hydrogens is 290 g/mol. The molecule has 0 unspecified atom stereocenters. The highest BCUT2D eigenvalue weighted by atomic mass is 35.5. The van der Waals surface area contributed by atoms with Crippen LogP contribution in [0.25, 0.3) is 0 Å². The lowest BCUT2D eigenvalue weighted by Gasteiger charge is -2.02. The molecule has 2 heterocycles. The Bertz CT molecular complexity index is 670. The Kier molecular flexibility index (Phi) is 4.01. The van der Waals surface area contributed by atoms with E-state index in [1.54, 1.807) is 23.0 Å². The molecule has 102 valence electrons. The normalized spacial score (nSPS) is 11.5. The average molecular weight is 302 g/mol. The number of sulfone groups is 1. The SMILES string of the molecule is CS(=O)(=O)CCn1ccc(Nc2ccnc(Cl)n2)n1. The molecule has 9 heteroatoms. The fraction of sp³-hybridized carbons (Fsp3) is 0.300. The molecule has 7 nitrogen and oxygen atoms in total. The Labute approximate surface area is 115 Å². The minimum absolute atomic E-state index is 0.0491. The first-order valence-corrected chi connectivity index (χ1v) is 7.83. The summed E-state index contributed by atoms with van der Waals surface area (Å²) < 4.78 is 23.7. The van der Waals surface area contributed by atoms with Gasteiger partial charge in [0.25, 0.3) is 0 Å². The minimum Gasteiger partial charge on any atom is -0.323 e. The van der Waals surface area contributed by atoms with Gasteiger partial charge in [0.1, 0.15) is 15.7 Å². The lowest BCUT2D eigenvalue weighted by atomic mass is 10.5. The van der Waals surface area contributed by atoms with E-state index in [0.717, 1.165) is 0 Å². The first-order chi connectivity index (χ1) is 8.92. The fourth-order valence-corrected chi connectivity index (χ4v) is 2.01. The van der Waals surface area contributed by atoms with Gasteiger partial charge in [-0.3, -0.25) is 4.68 Å². The van der Waals surface area contributed by atoms with Crippen LogP contribution < -0.4 is 5.32 Å². The molecule has 1 N–H and O–H groups in total. The Morgan fingerprint density at radius 3 is 2.84 bits per heavy atom. The minimum atomic E-state index is -3.00. The average Bonchev–Trinajstić information content (AvgIpc) is 2.73. The third kappa shape index (κ3) is 4.49. The molecule has 0 saturated heterocycles. The van der Waals surface area contributed by atoms with Crippen LogP contribution in [-0.4, -0.2) is 40.2 Å². The molecule has 0 aliphatic heterocycles. The summed E-state index contributed by atoms with van der Waals surface area (Å²) >= 11 is 5.66. The summed E-state index contributed by atoms with van der Waals surface area (Å²) in [6.07, 6.45) is 4.41. The maximum atomic E-state index is 11.1. The van der Waals surface area contributed by atoms with E-state index in [-0.39, 0.29) is 11.0 Å². The standard InChI is InChI=1S/C10H12ClN5O2S/c1-19(17,18)7-6-16-5-3-9(15-16)13-8-2-4-12-10(11)14-8/h2-5H,6-7H2,1H3,(H,12,13,14,15). The number of anilines is 2. The van der Waals surface area contributed by atoms with E-state index in [2.05, 4.69) is 20.4 Å². The second-order valence-electron chi connectivity index (χ2n) is 3.93. The second kappa shape index (κ2) is 5.54. The maximum Gasteiger partial charge on any atom is 0.224 e. The zero-order chi connectivity index (χ0) is 13.9. The highest BCUT2D eigenvalue weighted by Crippen LogP contribution is 2.12. The van der Waals surface area contributed by atoms with E-state index in [4.69, 9.17) is 11.6 Å². The van der Waals surface area contributed by atoms with Gasteiger partial charge in [-0.15, -0.1) is 0 Å². The van der Waals surface area contributed by atoms with E-state index < -0.39 is 9.84 Å². The predicted molar refractivity (Wildman–Crippen MR) is 72.3 cm³/mol. The van der Waals surface area contributed by atoms with Gasteiger partial charge >= 0.3 is 0 Å². The zero-order valence-electron chi connectivity index (χ0n) is 10.1. The van der Waals surface area contributed by atoms with E-state index in [1.807, 2.05) is 0 Å². The summed E-state index contributed by atoms with van der Waals surface area (Å²) in [5.41, 5.74) is 0. The molecule has 2 aromatic rings. The molecule has 0 bridgehead atoms. The third-order valence-corrected chi connectivity index (χ3v) is 3.32. The van der Waals surface area contributed by atoms with Crippen LogP contribution >= 0.6 is 11.6 Å². The van der Waals surface area contributed by atoms with Crippen LogP contribution in [0.5, 0.6) is 0 Å². The predicted octanol–water partition coefficient (Wildman–Crippen LogP) is 1.11. The summed E-state index contributed by atoms with van der Waals surface area (Å²) in [5.74, 6) is 1.13. The van der Waals surface area contributed by atoms with Crippen molar-refractivity contribution in [2.75, 3.05) is 17.3 Å². The van der Waals surface area contributed by atoms with Gasteiger partial charge < -0.3 is 5.32 Å². The molecule has 0 aliphatic carbocycles. The quantitative estimate of drug-likeness (QED) is 0.832. The van der Waals surface area contributed by atoms with E-state index in [9.17, 15) is 8.42 Å². The summed E-state index contributed by atoms with van der Waals surface area (Å²) in [6.45, 7) is 0.311. The Balaban J connectivity index is 2.01. The number of aromatic nitrogens is 4. The Morgan fingerprint density at radius 2 is 2.16 bits per heavy atom. The number of hydrogen-bond donors (Lipinski definition) is 1. The third-order valence-electron chi connectivity index (χ3n) is 2.21. The number of halogens is 1. The molecule has 0 amide bonds. The lowest BCUT2D eigenvalue weighted by Crippen LogP contribution is -2.11. The molecule has 0 fully saturated rings. The van der Waals surface area contributed by atoms with Gasteiger partial charge in [0.15, 0.2) is 5.82 Å². The van der Waals surface area contributed by atoms with Crippen molar-refractivity contribution < 1.29 is 8.42 Å². The van der Waals surface area contributed by atoms with Crippen LogP contribution in [0.15, 0.2) is 24.5 Å². The van der Waals surface area contributed by atoms with Gasteiger partial charge in [-0.25, -0.2) is 18.4 Å². The number of rotatable bonds is 5. The first-order valence-electron chi connectivity index (χ1n) is 5.39. The monoisotopic (exact) mass is 301 g/mol. The van der Waals surface area contributed by atoms with E-state index in [0.29, 0.717) is 18.2 Å². The van der Waals surface area contributed by atoms with Crippen molar-refractivity contribution in [1.29, 1.82) is 0 Å². The van der Waals surface area contributed by atoms with E-state index >= 15 is 0 Å². The highest BCUT2D eigenvalue weighted by molar-refractivity contribution is 7.90. The molecular formula is C10H12ClN5O2S. The first kappa shape index (κ1) is 13.8. The molecule has 2 aromatic heterocycles. The van der Waals surface area contributed by atoms with Gasteiger partial charge in [-0.05, 0) is 17.7 Å². The fourth-order valence-electron chi connectivity index (χ4n) is 1.35. The van der Waals surface area contributed by atoms with Crippen molar-refractivity contribution in [1.82, 2.24) is 19.7 Å². The second-order valence-corrected chi connectivity index (χ2v) is 6.53. The molecule has 0 spiro atoms. The topological polar surface area (TPSA) is 89.8 Å². The van der Waals surface area contributed by atoms with Crippen LogP contribution in [0, 0.1) is 0 Å². The summed E-state index contributed by atoms with van der Waals surface area (Å²) in [4.78, 5) is 7.73. The molecule has 0 saturated carbocycles. The van der Waals surface area contributed by atoms with Crippen molar-refractivity contribution in [2.45, 2.75) is 6.54 Å². The van der Waals surface area contributed by atoms with E-state index in [1.165, 1.54) is 12.5 Å². The van der Waals surface area contributed by atoms with Crippen molar-refractivity contribution >= 4 is 33.1 Å².